The van der Waals surface area contributed by atoms with Crippen LogP contribution in [0.25, 0.3) is 0 Å². The second kappa shape index (κ2) is 9.07. The number of rotatable bonds is 6. The predicted molar refractivity (Wildman–Crippen MR) is 111 cm³/mol. The Morgan fingerprint density at radius 2 is 1.63 bits per heavy atom. The highest BCUT2D eigenvalue weighted by atomic mass is 16.5. The molecule has 1 aliphatic heterocycles. The third kappa shape index (κ3) is 4.06. The smallest absolute Gasteiger partial charge is 0.307 e. The molecule has 0 saturated carbocycles. The van der Waals surface area contributed by atoms with Gasteiger partial charge in [0.15, 0.2) is 11.5 Å². The Labute approximate surface area is 176 Å². The summed E-state index contributed by atoms with van der Waals surface area (Å²) in [7, 11) is 6.02. The normalized spacial score (nSPS) is 15.2. The van der Waals surface area contributed by atoms with Crippen molar-refractivity contribution >= 4 is 11.9 Å². The summed E-state index contributed by atoms with van der Waals surface area (Å²) in [4.78, 5) is 27.5. The molecular weight excluding hydrogens is 386 g/mol. The summed E-state index contributed by atoms with van der Waals surface area (Å²) in [6.45, 7) is 2.38. The summed E-state index contributed by atoms with van der Waals surface area (Å²) in [5, 5.41) is 0. The first-order valence-corrected chi connectivity index (χ1v) is 9.70. The number of esters is 1. The van der Waals surface area contributed by atoms with Crippen molar-refractivity contribution in [3.8, 4) is 17.2 Å². The van der Waals surface area contributed by atoms with Crippen molar-refractivity contribution in [1.82, 2.24) is 4.90 Å². The van der Waals surface area contributed by atoms with E-state index in [1.807, 2.05) is 25.1 Å². The molecule has 2 aromatic carbocycles. The molecule has 0 aliphatic carbocycles. The minimum atomic E-state index is -0.487. The molecule has 0 aromatic heterocycles. The minimum absolute atomic E-state index is 0.0405. The van der Waals surface area contributed by atoms with E-state index in [1.165, 1.54) is 14.2 Å². The van der Waals surface area contributed by atoms with E-state index in [4.69, 9.17) is 18.9 Å². The van der Waals surface area contributed by atoms with E-state index in [1.54, 1.807) is 31.3 Å². The third-order valence-corrected chi connectivity index (χ3v) is 5.44. The van der Waals surface area contributed by atoms with Crippen LogP contribution in [0.4, 0.5) is 0 Å². The van der Waals surface area contributed by atoms with E-state index in [2.05, 4.69) is 0 Å². The van der Waals surface area contributed by atoms with Gasteiger partial charge in [-0.2, -0.15) is 0 Å². The van der Waals surface area contributed by atoms with Crippen molar-refractivity contribution in [3.63, 3.8) is 0 Å². The van der Waals surface area contributed by atoms with Gasteiger partial charge in [-0.3, -0.25) is 9.59 Å². The molecule has 0 bridgehead atoms. The first-order chi connectivity index (χ1) is 14.4. The quantitative estimate of drug-likeness (QED) is 0.677. The van der Waals surface area contributed by atoms with Crippen molar-refractivity contribution in [1.29, 1.82) is 0 Å². The molecule has 7 heteroatoms. The number of benzene rings is 2. The molecule has 7 nitrogen and oxygen atoms in total. The molecule has 0 spiro atoms. The molecule has 1 unspecified atom stereocenters. The lowest BCUT2D eigenvalue weighted by Crippen LogP contribution is -2.41. The fourth-order valence-corrected chi connectivity index (χ4v) is 3.88. The average molecular weight is 413 g/mol. The SMILES string of the molecule is COC(=O)CC1c2cc(OC)c(OC)cc2CCN1C(=O)c1cc(C)ccc1OC. The Morgan fingerprint density at radius 1 is 0.967 bits per heavy atom. The van der Waals surface area contributed by atoms with Gasteiger partial charge in [0.25, 0.3) is 5.91 Å². The van der Waals surface area contributed by atoms with Gasteiger partial charge in [0.05, 0.1) is 46.5 Å². The molecule has 1 aliphatic rings. The zero-order chi connectivity index (χ0) is 21.8. The fourth-order valence-electron chi connectivity index (χ4n) is 3.88. The highest BCUT2D eigenvalue weighted by Gasteiger charge is 2.35. The Kier molecular flexibility index (Phi) is 6.50. The maximum atomic E-state index is 13.5. The molecule has 0 radical (unpaired) electrons. The van der Waals surface area contributed by atoms with Crippen molar-refractivity contribution < 1.29 is 28.5 Å². The molecule has 160 valence electrons. The highest BCUT2D eigenvalue weighted by Crippen LogP contribution is 2.40. The van der Waals surface area contributed by atoms with E-state index < -0.39 is 12.0 Å². The van der Waals surface area contributed by atoms with Gasteiger partial charge >= 0.3 is 5.97 Å². The molecule has 1 heterocycles. The number of methoxy groups -OCH3 is 4. The van der Waals surface area contributed by atoms with E-state index in [0.29, 0.717) is 35.8 Å². The number of hydrogen-bond acceptors (Lipinski definition) is 6. The van der Waals surface area contributed by atoms with Crippen LogP contribution in [0.2, 0.25) is 0 Å². The molecule has 1 atom stereocenters. The summed E-state index contributed by atoms with van der Waals surface area (Å²) in [5.41, 5.74) is 3.29. The summed E-state index contributed by atoms with van der Waals surface area (Å²) in [6.07, 6.45) is 0.673. The highest BCUT2D eigenvalue weighted by molar-refractivity contribution is 5.98. The summed E-state index contributed by atoms with van der Waals surface area (Å²) >= 11 is 0. The standard InChI is InChI=1S/C23H27NO6/c1-14-6-7-19(27-2)17(10-14)23(26)24-9-8-15-11-20(28-3)21(29-4)12-16(15)18(24)13-22(25)30-5/h6-7,10-12,18H,8-9,13H2,1-5H3. The van der Waals surface area contributed by atoms with Crippen molar-refractivity contribution in [3.05, 3.63) is 52.6 Å². The van der Waals surface area contributed by atoms with E-state index >= 15 is 0 Å². The Balaban J connectivity index is 2.08. The zero-order valence-electron chi connectivity index (χ0n) is 18.0. The van der Waals surface area contributed by atoms with Gasteiger partial charge in [-0.25, -0.2) is 0 Å². The van der Waals surface area contributed by atoms with Crippen molar-refractivity contribution in [2.45, 2.75) is 25.8 Å². The summed E-state index contributed by atoms with van der Waals surface area (Å²) in [5.74, 6) is 1.09. The monoisotopic (exact) mass is 413 g/mol. The number of nitrogens with zero attached hydrogens (tertiary/aromatic N) is 1. The van der Waals surface area contributed by atoms with Crippen LogP contribution in [-0.2, 0) is 16.0 Å². The van der Waals surface area contributed by atoms with Crippen molar-refractivity contribution in [2.24, 2.45) is 0 Å². The number of carbonyl (C=O) groups excluding carboxylic acids is 2. The Morgan fingerprint density at radius 3 is 2.27 bits per heavy atom. The first-order valence-electron chi connectivity index (χ1n) is 9.70. The van der Waals surface area contributed by atoms with Crippen LogP contribution in [0.15, 0.2) is 30.3 Å². The van der Waals surface area contributed by atoms with Gasteiger partial charge in [-0.05, 0) is 48.7 Å². The largest absolute Gasteiger partial charge is 0.496 e. The van der Waals surface area contributed by atoms with E-state index in [-0.39, 0.29) is 12.3 Å². The molecule has 0 N–H and O–H groups in total. The predicted octanol–water partition coefficient (Wildman–Crippen LogP) is 3.32. The topological polar surface area (TPSA) is 74.3 Å². The molecule has 2 aromatic rings. The minimum Gasteiger partial charge on any atom is -0.496 e. The van der Waals surface area contributed by atoms with Gasteiger partial charge < -0.3 is 23.8 Å². The Bertz CT molecular complexity index is 955. The molecule has 1 amide bonds. The Hall–Kier alpha value is -3.22. The molecule has 30 heavy (non-hydrogen) atoms. The molecule has 0 saturated heterocycles. The van der Waals surface area contributed by atoms with Crippen LogP contribution in [0.5, 0.6) is 17.2 Å². The van der Waals surface area contributed by atoms with Gasteiger partial charge in [0, 0.05) is 6.54 Å². The van der Waals surface area contributed by atoms with E-state index in [0.717, 1.165) is 16.7 Å². The van der Waals surface area contributed by atoms with Crippen LogP contribution in [0.1, 0.15) is 39.5 Å². The van der Waals surface area contributed by atoms with Crippen LogP contribution < -0.4 is 14.2 Å². The van der Waals surface area contributed by atoms with Gasteiger partial charge in [0.2, 0.25) is 0 Å². The lowest BCUT2D eigenvalue weighted by atomic mass is 9.89. The lowest BCUT2D eigenvalue weighted by molar-refractivity contribution is -0.141. The lowest BCUT2D eigenvalue weighted by Gasteiger charge is -2.37. The van der Waals surface area contributed by atoms with E-state index in [9.17, 15) is 9.59 Å². The molecule has 0 fully saturated rings. The maximum absolute atomic E-state index is 13.5. The first kappa shape index (κ1) is 21.5. The number of hydrogen-bond donors (Lipinski definition) is 0. The van der Waals surface area contributed by atoms with Gasteiger partial charge in [-0.15, -0.1) is 0 Å². The van der Waals surface area contributed by atoms with Gasteiger partial charge in [0.1, 0.15) is 5.75 Å². The number of ether oxygens (including phenoxy) is 4. The van der Waals surface area contributed by atoms with Crippen molar-refractivity contribution in [2.75, 3.05) is 35.0 Å². The second-order valence-electron chi connectivity index (χ2n) is 7.15. The van der Waals surface area contributed by atoms with Crippen LogP contribution in [0.3, 0.4) is 0 Å². The molecular formula is C23H27NO6. The second-order valence-corrected chi connectivity index (χ2v) is 7.15. The number of carbonyl (C=O) groups is 2. The van der Waals surface area contributed by atoms with Crippen LogP contribution >= 0.6 is 0 Å². The summed E-state index contributed by atoms with van der Waals surface area (Å²) in [6, 6.07) is 8.75. The third-order valence-electron chi connectivity index (χ3n) is 5.44. The fraction of sp³-hybridized carbons (Fsp3) is 0.391. The van der Waals surface area contributed by atoms with Crippen LogP contribution in [-0.4, -0.2) is 51.8 Å². The number of amides is 1. The summed E-state index contributed by atoms with van der Waals surface area (Å²) < 4.78 is 21.2. The maximum Gasteiger partial charge on any atom is 0.307 e. The molecule has 3 rings (SSSR count). The average Bonchev–Trinajstić information content (AvgIpc) is 2.77. The zero-order valence-corrected chi connectivity index (χ0v) is 18.0. The number of fused-ring (bicyclic) bond motifs is 1. The van der Waals surface area contributed by atoms with Crippen LogP contribution in [0, 0.1) is 6.92 Å². The van der Waals surface area contributed by atoms with Gasteiger partial charge in [-0.1, -0.05) is 11.6 Å². The number of aryl methyl sites for hydroxylation is 1.